The summed E-state index contributed by atoms with van der Waals surface area (Å²) in [6.07, 6.45) is 12.0. The topological polar surface area (TPSA) is 0 Å². The van der Waals surface area contributed by atoms with Crippen molar-refractivity contribution in [3.63, 3.8) is 0 Å². The fourth-order valence-electron chi connectivity index (χ4n) is 1.33. The van der Waals surface area contributed by atoms with Crippen LogP contribution in [0.1, 0.15) is 52.4 Å². The maximum atomic E-state index is 3.75. The Morgan fingerprint density at radius 3 is 2.50 bits per heavy atom. The van der Waals surface area contributed by atoms with Gasteiger partial charge in [-0.3, -0.25) is 0 Å². The van der Waals surface area contributed by atoms with Crippen LogP contribution in [0.2, 0.25) is 0 Å². The van der Waals surface area contributed by atoms with Gasteiger partial charge in [0.15, 0.2) is 0 Å². The van der Waals surface area contributed by atoms with E-state index in [-0.39, 0.29) is 0 Å². The summed E-state index contributed by atoms with van der Waals surface area (Å²) in [5.74, 6) is 0. The standard InChI is InChI=1S/C12H22/c1-4-7-8-9-11-12(6-3)10-5-2/h5-6H,2,4,7-11H2,1,3H3. The fourth-order valence-corrected chi connectivity index (χ4v) is 1.33. The van der Waals surface area contributed by atoms with Crippen LogP contribution in [-0.4, -0.2) is 0 Å². The highest BCUT2D eigenvalue weighted by Crippen LogP contribution is 2.13. The molecule has 0 atom stereocenters. The van der Waals surface area contributed by atoms with Gasteiger partial charge in [-0.2, -0.15) is 0 Å². The minimum atomic E-state index is 1.07. The van der Waals surface area contributed by atoms with Gasteiger partial charge in [0.2, 0.25) is 0 Å². The maximum absolute atomic E-state index is 3.75. The Labute approximate surface area is 77.4 Å². The average molecular weight is 166 g/mol. The lowest BCUT2D eigenvalue weighted by Crippen LogP contribution is -1.82. The zero-order valence-corrected chi connectivity index (χ0v) is 8.60. The molecule has 0 rings (SSSR count). The zero-order valence-electron chi connectivity index (χ0n) is 8.60. The molecule has 70 valence electrons. The molecule has 12 heavy (non-hydrogen) atoms. The van der Waals surface area contributed by atoms with Crippen LogP contribution in [0.4, 0.5) is 0 Å². The first kappa shape index (κ1) is 11.5. The van der Waals surface area contributed by atoms with E-state index in [1.807, 2.05) is 6.08 Å². The third-order valence-corrected chi connectivity index (χ3v) is 2.17. The van der Waals surface area contributed by atoms with Crippen molar-refractivity contribution in [1.29, 1.82) is 0 Å². The van der Waals surface area contributed by atoms with Crippen LogP contribution in [-0.2, 0) is 0 Å². The number of hydrogen-bond donors (Lipinski definition) is 0. The molecular formula is C12H22. The molecule has 0 heterocycles. The van der Waals surface area contributed by atoms with E-state index in [1.165, 1.54) is 32.1 Å². The van der Waals surface area contributed by atoms with Gasteiger partial charge in [0, 0.05) is 0 Å². The molecule has 0 aliphatic heterocycles. The van der Waals surface area contributed by atoms with Crippen LogP contribution in [0, 0.1) is 0 Å². The van der Waals surface area contributed by atoms with Crippen molar-refractivity contribution in [3.05, 3.63) is 24.3 Å². The predicted octanol–water partition coefficient (Wildman–Crippen LogP) is 4.48. The van der Waals surface area contributed by atoms with Gasteiger partial charge in [0.05, 0.1) is 0 Å². The lowest BCUT2D eigenvalue weighted by Gasteiger charge is -2.02. The largest absolute Gasteiger partial charge is 0.103 e. The van der Waals surface area contributed by atoms with Crippen LogP contribution in [0.3, 0.4) is 0 Å². The minimum absolute atomic E-state index is 1.07. The van der Waals surface area contributed by atoms with Gasteiger partial charge in [0.25, 0.3) is 0 Å². The Balaban J connectivity index is 3.39. The van der Waals surface area contributed by atoms with Gasteiger partial charge < -0.3 is 0 Å². The third-order valence-electron chi connectivity index (χ3n) is 2.17. The normalized spacial score (nSPS) is 11.7. The molecule has 0 spiro atoms. The van der Waals surface area contributed by atoms with E-state index in [0.717, 1.165) is 6.42 Å². The Hall–Kier alpha value is -0.520. The van der Waals surface area contributed by atoms with Gasteiger partial charge in [-0.25, -0.2) is 0 Å². The van der Waals surface area contributed by atoms with Gasteiger partial charge in [-0.05, 0) is 26.2 Å². The molecule has 0 aromatic carbocycles. The van der Waals surface area contributed by atoms with E-state index in [1.54, 1.807) is 5.57 Å². The molecule has 0 aliphatic rings. The Morgan fingerprint density at radius 1 is 1.25 bits per heavy atom. The lowest BCUT2D eigenvalue weighted by molar-refractivity contribution is 0.660. The molecule has 0 nitrogen and oxygen atoms in total. The summed E-state index contributed by atoms with van der Waals surface area (Å²) in [6, 6.07) is 0. The highest BCUT2D eigenvalue weighted by molar-refractivity contribution is 5.04. The zero-order chi connectivity index (χ0) is 9.23. The van der Waals surface area contributed by atoms with Crippen molar-refractivity contribution < 1.29 is 0 Å². The van der Waals surface area contributed by atoms with E-state index < -0.39 is 0 Å². The van der Waals surface area contributed by atoms with Crippen molar-refractivity contribution >= 4 is 0 Å². The lowest BCUT2D eigenvalue weighted by atomic mass is 10.0. The summed E-state index contributed by atoms with van der Waals surface area (Å²) in [5, 5.41) is 0. The average Bonchev–Trinajstić information content (AvgIpc) is 2.10. The Kier molecular flexibility index (Phi) is 8.20. The second-order valence-electron chi connectivity index (χ2n) is 3.25. The highest BCUT2D eigenvalue weighted by atomic mass is 14.0. The smallest absolute Gasteiger partial charge is 0.0142 e. The molecule has 0 aromatic heterocycles. The monoisotopic (exact) mass is 166 g/mol. The summed E-state index contributed by atoms with van der Waals surface area (Å²) in [6.45, 7) is 8.13. The van der Waals surface area contributed by atoms with Crippen molar-refractivity contribution in [3.8, 4) is 0 Å². The summed E-state index contributed by atoms with van der Waals surface area (Å²) in [5.41, 5.74) is 1.54. The van der Waals surface area contributed by atoms with Crippen molar-refractivity contribution in [2.45, 2.75) is 52.4 Å². The number of allylic oxidation sites excluding steroid dienone is 3. The van der Waals surface area contributed by atoms with Crippen LogP contribution >= 0.6 is 0 Å². The van der Waals surface area contributed by atoms with Crippen molar-refractivity contribution in [2.24, 2.45) is 0 Å². The van der Waals surface area contributed by atoms with E-state index >= 15 is 0 Å². The van der Waals surface area contributed by atoms with E-state index in [9.17, 15) is 0 Å². The molecule has 0 unspecified atom stereocenters. The molecule has 0 amide bonds. The highest BCUT2D eigenvalue weighted by Gasteiger charge is 1.93. The van der Waals surface area contributed by atoms with Gasteiger partial charge in [-0.1, -0.05) is 43.9 Å². The fraction of sp³-hybridized carbons (Fsp3) is 0.667. The first-order valence-corrected chi connectivity index (χ1v) is 5.10. The first-order valence-electron chi connectivity index (χ1n) is 5.10. The van der Waals surface area contributed by atoms with Crippen LogP contribution in [0.25, 0.3) is 0 Å². The first-order chi connectivity index (χ1) is 5.85. The summed E-state index contributed by atoms with van der Waals surface area (Å²) < 4.78 is 0. The van der Waals surface area contributed by atoms with Crippen LogP contribution in [0.5, 0.6) is 0 Å². The number of hydrogen-bond acceptors (Lipinski definition) is 0. The molecule has 0 aliphatic carbocycles. The molecule has 0 aromatic rings. The van der Waals surface area contributed by atoms with E-state index in [0.29, 0.717) is 0 Å². The minimum Gasteiger partial charge on any atom is -0.103 e. The van der Waals surface area contributed by atoms with Crippen LogP contribution < -0.4 is 0 Å². The van der Waals surface area contributed by atoms with Gasteiger partial charge in [-0.15, -0.1) is 6.58 Å². The van der Waals surface area contributed by atoms with Gasteiger partial charge in [0.1, 0.15) is 0 Å². The molecule has 0 N–H and O–H groups in total. The van der Waals surface area contributed by atoms with Crippen LogP contribution in [0.15, 0.2) is 24.3 Å². The molecule has 0 heteroatoms. The Morgan fingerprint density at radius 2 is 2.00 bits per heavy atom. The third kappa shape index (κ3) is 6.21. The molecular weight excluding hydrogens is 144 g/mol. The maximum Gasteiger partial charge on any atom is -0.0142 e. The summed E-state index contributed by atoms with van der Waals surface area (Å²) in [7, 11) is 0. The van der Waals surface area contributed by atoms with E-state index in [2.05, 4.69) is 26.5 Å². The summed E-state index contributed by atoms with van der Waals surface area (Å²) >= 11 is 0. The molecule has 0 bridgehead atoms. The number of unbranched alkanes of at least 4 members (excludes halogenated alkanes) is 3. The quantitative estimate of drug-likeness (QED) is 0.386. The number of rotatable bonds is 7. The molecule has 0 fully saturated rings. The second-order valence-corrected chi connectivity index (χ2v) is 3.25. The van der Waals surface area contributed by atoms with Crippen molar-refractivity contribution in [1.82, 2.24) is 0 Å². The molecule has 0 saturated carbocycles. The van der Waals surface area contributed by atoms with Crippen molar-refractivity contribution in [2.75, 3.05) is 0 Å². The molecule has 0 saturated heterocycles. The SMILES string of the molecule is C=CCC(=CC)CCCCCC. The van der Waals surface area contributed by atoms with E-state index in [4.69, 9.17) is 0 Å². The summed E-state index contributed by atoms with van der Waals surface area (Å²) in [4.78, 5) is 0. The van der Waals surface area contributed by atoms with Gasteiger partial charge >= 0.3 is 0 Å². The Bertz CT molecular complexity index is 131. The second kappa shape index (κ2) is 8.58. The molecule has 0 radical (unpaired) electrons. The predicted molar refractivity (Wildman–Crippen MR) is 57.3 cm³/mol.